The van der Waals surface area contributed by atoms with Crippen LogP contribution in [-0.2, 0) is 14.3 Å². The van der Waals surface area contributed by atoms with Crippen molar-refractivity contribution in [3.05, 3.63) is 12.3 Å². The second kappa shape index (κ2) is 3.92. The average Bonchev–Trinajstić information content (AvgIpc) is 2.17. The van der Waals surface area contributed by atoms with Gasteiger partial charge >= 0.3 is 0 Å². The monoisotopic (exact) mass is 184 g/mol. The highest BCUT2D eigenvalue weighted by Crippen LogP contribution is 2.26. The minimum Gasteiger partial charge on any atom is -0.494 e. The topological polar surface area (TPSA) is 35.5 Å². The van der Waals surface area contributed by atoms with Crippen molar-refractivity contribution in [3.63, 3.8) is 0 Å². The summed E-state index contributed by atoms with van der Waals surface area (Å²) in [6.07, 6.45) is 4.01. The molecule has 74 valence electrons. The molecule has 0 aromatic rings. The molecule has 2 atom stereocenters. The zero-order chi connectivity index (χ0) is 9.90. The molecule has 0 aromatic carbocycles. The fourth-order valence-electron chi connectivity index (χ4n) is 1.37. The largest absolute Gasteiger partial charge is 0.494 e. The van der Waals surface area contributed by atoms with Gasteiger partial charge in [-0.25, -0.2) is 0 Å². The van der Waals surface area contributed by atoms with E-state index in [4.69, 9.17) is 9.47 Å². The molecule has 0 aliphatic carbocycles. The number of ketones is 1. The van der Waals surface area contributed by atoms with E-state index in [1.165, 1.54) is 12.3 Å². The van der Waals surface area contributed by atoms with Crippen LogP contribution in [-0.4, -0.2) is 24.6 Å². The van der Waals surface area contributed by atoms with Crippen LogP contribution in [0.5, 0.6) is 0 Å². The highest BCUT2D eigenvalue weighted by atomic mass is 16.5. The summed E-state index contributed by atoms with van der Waals surface area (Å²) in [7, 11) is 1.65. The van der Waals surface area contributed by atoms with Gasteiger partial charge in [0.15, 0.2) is 5.78 Å². The van der Waals surface area contributed by atoms with Gasteiger partial charge in [0.1, 0.15) is 11.7 Å². The first-order valence-corrected chi connectivity index (χ1v) is 4.52. The quantitative estimate of drug-likeness (QED) is 0.669. The van der Waals surface area contributed by atoms with E-state index in [0.29, 0.717) is 6.42 Å². The summed E-state index contributed by atoms with van der Waals surface area (Å²) in [6, 6.07) is 0. The van der Waals surface area contributed by atoms with E-state index in [0.717, 1.165) is 6.42 Å². The number of hydrogen-bond donors (Lipinski definition) is 0. The summed E-state index contributed by atoms with van der Waals surface area (Å²) >= 11 is 0. The van der Waals surface area contributed by atoms with Crippen molar-refractivity contribution in [3.8, 4) is 0 Å². The normalized spacial score (nSPS) is 26.7. The van der Waals surface area contributed by atoms with Gasteiger partial charge in [-0.2, -0.15) is 0 Å². The van der Waals surface area contributed by atoms with E-state index in [-0.39, 0.29) is 17.5 Å². The summed E-state index contributed by atoms with van der Waals surface area (Å²) in [4.78, 5) is 11.1. The van der Waals surface area contributed by atoms with Gasteiger partial charge in [0.25, 0.3) is 0 Å². The van der Waals surface area contributed by atoms with Crippen LogP contribution in [0.3, 0.4) is 0 Å². The molecule has 1 heterocycles. The summed E-state index contributed by atoms with van der Waals surface area (Å²) in [5.74, 6) is 0.105. The lowest BCUT2D eigenvalue weighted by Crippen LogP contribution is -2.43. The Balaban J connectivity index is 2.71. The van der Waals surface area contributed by atoms with E-state index >= 15 is 0 Å². The molecule has 0 bridgehead atoms. The number of carbonyl (C=O) groups excluding carboxylic acids is 1. The smallest absolute Gasteiger partial charge is 0.162 e. The van der Waals surface area contributed by atoms with Crippen molar-refractivity contribution in [2.45, 2.75) is 38.4 Å². The van der Waals surface area contributed by atoms with E-state index in [1.54, 1.807) is 7.11 Å². The first-order valence-electron chi connectivity index (χ1n) is 4.52. The zero-order valence-corrected chi connectivity index (χ0v) is 8.37. The average molecular weight is 184 g/mol. The van der Waals surface area contributed by atoms with Gasteiger partial charge in [0, 0.05) is 13.2 Å². The Morgan fingerprint density at radius 1 is 1.77 bits per heavy atom. The molecular formula is C10H16O3. The molecule has 13 heavy (non-hydrogen) atoms. The third kappa shape index (κ3) is 2.10. The maximum atomic E-state index is 11.1. The minimum atomic E-state index is -0.361. The zero-order valence-electron chi connectivity index (χ0n) is 8.37. The fraction of sp³-hybridized carbons (Fsp3) is 0.700. The Kier molecular flexibility index (Phi) is 3.09. The number of rotatable bonds is 3. The SMILES string of the molecule is CCC(C)(OC)C1CC(=O)C=CO1. The Hall–Kier alpha value is -0.830. The molecule has 1 rings (SSSR count). The lowest BCUT2D eigenvalue weighted by atomic mass is 9.91. The molecule has 3 heteroatoms. The Labute approximate surface area is 78.7 Å². The predicted octanol–water partition coefficient (Wildman–Crippen LogP) is 1.67. The summed E-state index contributed by atoms with van der Waals surface area (Å²) in [6.45, 7) is 3.99. The van der Waals surface area contributed by atoms with Crippen molar-refractivity contribution >= 4 is 5.78 Å². The van der Waals surface area contributed by atoms with Crippen molar-refractivity contribution in [2.75, 3.05) is 7.11 Å². The van der Waals surface area contributed by atoms with Gasteiger partial charge in [-0.05, 0) is 13.3 Å². The second-order valence-corrected chi connectivity index (χ2v) is 3.47. The summed E-state index contributed by atoms with van der Waals surface area (Å²) in [5, 5.41) is 0. The molecule has 0 radical (unpaired) electrons. The van der Waals surface area contributed by atoms with Crippen LogP contribution in [0.1, 0.15) is 26.7 Å². The summed E-state index contributed by atoms with van der Waals surface area (Å²) in [5.41, 5.74) is -0.361. The Morgan fingerprint density at radius 2 is 2.46 bits per heavy atom. The Bertz CT molecular complexity index is 216. The van der Waals surface area contributed by atoms with Crippen molar-refractivity contribution in [1.82, 2.24) is 0 Å². The first-order chi connectivity index (χ1) is 6.12. The van der Waals surface area contributed by atoms with E-state index < -0.39 is 0 Å². The molecule has 0 amide bonds. The molecule has 0 spiro atoms. The number of methoxy groups -OCH3 is 1. The van der Waals surface area contributed by atoms with Crippen LogP contribution >= 0.6 is 0 Å². The van der Waals surface area contributed by atoms with Gasteiger partial charge in [0.2, 0.25) is 0 Å². The number of allylic oxidation sites excluding steroid dienone is 1. The molecule has 0 saturated heterocycles. The maximum Gasteiger partial charge on any atom is 0.162 e. The van der Waals surface area contributed by atoms with Crippen LogP contribution < -0.4 is 0 Å². The molecule has 0 aromatic heterocycles. The van der Waals surface area contributed by atoms with Gasteiger partial charge in [0.05, 0.1) is 12.7 Å². The molecule has 1 aliphatic heterocycles. The lowest BCUT2D eigenvalue weighted by Gasteiger charge is -2.35. The third-order valence-corrected chi connectivity index (χ3v) is 2.73. The molecule has 0 saturated carbocycles. The lowest BCUT2D eigenvalue weighted by molar-refractivity contribution is -0.131. The number of hydrogen-bond acceptors (Lipinski definition) is 3. The molecule has 1 aliphatic rings. The molecular weight excluding hydrogens is 168 g/mol. The van der Waals surface area contributed by atoms with Crippen LogP contribution in [0, 0.1) is 0 Å². The molecule has 3 nitrogen and oxygen atoms in total. The molecule has 2 unspecified atom stereocenters. The molecule has 0 N–H and O–H groups in total. The third-order valence-electron chi connectivity index (χ3n) is 2.73. The predicted molar refractivity (Wildman–Crippen MR) is 49.3 cm³/mol. The van der Waals surface area contributed by atoms with Gasteiger partial charge < -0.3 is 9.47 Å². The standard InChI is InChI=1S/C10H16O3/c1-4-10(2,12-3)9-7-8(11)5-6-13-9/h5-6,9H,4,7H2,1-3H3. The van der Waals surface area contributed by atoms with Crippen LogP contribution in [0.15, 0.2) is 12.3 Å². The van der Waals surface area contributed by atoms with Crippen molar-refractivity contribution in [1.29, 1.82) is 0 Å². The van der Waals surface area contributed by atoms with E-state index in [9.17, 15) is 4.79 Å². The van der Waals surface area contributed by atoms with Gasteiger partial charge in [-0.15, -0.1) is 0 Å². The van der Waals surface area contributed by atoms with Gasteiger partial charge in [-0.1, -0.05) is 6.92 Å². The van der Waals surface area contributed by atoms with Crippen LogP contribution in [0.2, 0.25) is 0 Å². The Morgan fingerprint density at radius 3 is 2.92 bits per heavy atom. The summed E-state index contributed by atoms with van der Waals surface area (Å²) < 4.78 is 10.7. The van der Waals surface area contributed by atoms with Crippen molar-refractivity contribution in [2.24, 2.45) is 0 Å². The van der Waals surface area contributed by atoms with Crippen LogP contribution in [0.4, 0.5) is 0 Å². The number of ether oxygens (including phenoxy) is 2. The first kappa shape index (κ1) is 10.3. The van der Waals surface area contributed by atoms with Gasteiger partial charge in [-0.3, -0.25) is 4.79 Å². The highest BCUT2D eigenvalue weighted by molar-refractivity contribution is 5.90. The van der Waals surface area contributed by atoms with Crippen molar-refractivity contribution < 1.29 is 14.3 Å². The van der Waals surface area contributed by atoms with Crippen LogP contribution in [0.25, 0.3) is 0 Å². The highest BCUT2D eigenvalue weighted by Gasteiger charge is 2.36. The fourth-order valence-corrected chi connectivity index (χ4v) is 1.37. The van der Waals surface area contributed by atoms with E-state index in [2.05, 4.69) is 0 Å². The maximum absolute atomic E-state index is 11.1. The van der Waals surface area contributed by atoms with E-state index in [1.807, 2.05) is 13.8 Å². The number of carbonyl (C=O) groups is 1. The second-order valence-electron chi connectivity index (χ2n) is 3.47. The molecule has 0 fully saturated rings. The minimum absolute atomic E-state index is 0.105.